The molecule has 3 atom stereocenters. The zero-order valence-electron chi connectivity index (χ0n) is 12.6. The van der Waals surface area contributed by atoms with E-state index in [2.05, 4.69) is 47.3 Å². The topological polar surface area (TPSA) is 15.3 Å². The summed E-state index contributed by atoms with van der Waals surface area (Å²) in [4.78, 5) is 2.63. The van der Waals surface area contributed by atoms with Gasteiger partial charge >= 0.3 is 0 Å². The number of hydrogen-bond acceptors (Lipinski definition) is 4. The number of thioether (sulfide) groups is 1. The van der Waals surface area contributed by atoms with E-state index in [1.165, 1.54) is 43.1 Å². The van der Waals surface area contributed by atoms with Crippen molar-refractivity contribution in [3.05, 3.63) is 17.0 Å². The molecule has 0 aromatic carbocycles. The molecule has 3 rings (SSSR count). The average molecular weight is 311 g/mol. The number of thiophene rings is 1. The largest absolute Gasteiger partial charge is 0.310 e. The molecule has 0 radical (unpaired) electrons. The first-order valence-corrected chi connectivity index (χ1v) is 9.68. The van der Waals surface area contributed by atoms with Crippen LogP contribution in [0.15, 0.2) is 15.7 Å². The Labute approximate surface area is 131 Å². The van der Waals surface area contributed by atoms with Crippen LogP contribution >= 0.6 is 23.1 Å². The van der Waals surface area contributed by atoms with Gasteiger partial charge in [-0.25, -0.2) is 0 Å². The molecule has 1 fully saturated rings. The average Bonchev–Trinajstić information content (AvgIpc) is 3.06. The highest BCUT2D eigenvalue weighted by atomic mass is 32.2. The van der Waals surface area contributed by atoms with Crippen LogP contribution in [0.1, 0.15) is 44.7 Å². The van der Waals surface area contributed by atoms with Crippen molar-refractivity contribution in [3.63, 3.8) is 0 Å². The molecule has 2 nitrogen and oxygen atoms in total. The molecule has 0 spiro atoms. The second-order valence-corrected chi connectivity index (χ2v) is 9.02. The number of rotatable bonds is 5. The summed E-state index contributed by atoms with van der Waals surface area (Å²) in [6.07, 6.45) is 4.07. The Balaban J connectivity index is 1.51. The van der Waals surface area contributed by atoms with Crippen molar-refractivity contribution in [3.8, 4) is 0 Å². The first kappa shape index (κ1) is 14.9. The van der Waals surface area contributed by atoms with Crippen LogP contribution < -0.4 is 5.32 Å². The van der Waals surface area contributed by atoms with E-state index in [9.17, 15) is 0 Å². The Bertz CT molecular complexity index is 426. The molecule has 0 bridgehead atoms. The molecule has 4 heteroatoms. The van der Waals surface area contributed by atoms with Gasteiger partial charge in [-0.1, -0.05) is 13.8 Å². The number of nitrogens with zero attached hydrogens (tertiary/aromatic N) is 1. The molecular weight excluding hydrogens is 284 g/mol. The van der Waals surface area contributed by atoms with E-state index in [0.29, 0.717) is 6.04 Å². The van der Waals surface area contributed by atoms with Crippen molar-refractivity contribution in [1.29, 1.82) is 0 Å². The predicted molar refractivity (Wildman–Crippen MR) is 89.8 cm³/mol. The first-order valence-electron chi connectivity index (χ1n) is 7.92. The van der Waals surface area contributed by atoms with E-state index in [0.717, 1.165) is 17.7 Å². The van der Waals surface area contributed by atoms with Gasteiger partial charge in [-0.05, 0) is 61.8 Å². The molecule has 0 amide bonds. The fraction of sp³-hybridized carbons (Fsp3) is 0.750. The van der Waals surface area contributed by atoms with E-state index in [-0.39, 0.29) is 0 Å². The van der Waals surface area contributed by atoms with Gasteiger partial charge in [0.05, 0.1) is 4.21 Å². The molecule has 112 valence electrons. The van der Waals surface area contributed by atoms with Crippen LogP contribution in [0.3, 0.4) is 0 Å². The van der Waals surface area contributed by atoms with Crippen molar-refractivity contribution in [2.45, 2.75) is 48.6 Å². The molecule has 3 heterocycles. The SMILES string of the molecule is CC(CNC1C[C@H](C)Sc2sccc21)CN1CCCC1. The van der Waals surface area contributed by atoms with Crippen LogP contribution in [-0.4, -0.2) is 36.3 Å². The van der Waals surface area contributed by atoms with Crippen molar-refractivity contribution in [2.75, 3.05) is 26.2 Å². The van der Waals surface area contributed by atoms with Gasteiger partial charge in [0, 0.05) is 17.8 Å². The lowest BCUT2D eigenvalue weighted by molar-refractivity contribution is 0.276. The molecular formula is C16H26N2S2. The Hall–Kier alpha value is -0.0300. The third-order valence-electron chi connectivity index (χ3n) is 4.39. The van der Waals surface area contributed by atoms with Crippen LogP contribution in [0.5, 0.6) is 0 Å². The van der Waals surface area contributed by atoms with Gasteiger partial charge in [0.25, 0.3) is 0 Å². The lowest BCUT2D eigenvalue weighted by Gasteiger charge is -2.29. The van der Waals surface area contributed by atoms with E-state index in [1.807, 2.05) is 11.3 Å². The minimum atomic E-state index is 0.577. The normalized spacial score (nSPS) is 28.5. The Morgan fingerprint density at radius 2 is 2.20 bits per heavy atom. The summed E-state index contributed by atoms with van der Waals surface area (Å²) in [6, 6.07) is 2.90. The fourth-order valence-corrected chi connectivity index (χ4v) is 5.92. The number of likely N-dealkylation sites (tertiary alicyclic amines) is 1. The summed E-state index contributed by atoms with van der Waals surface area (Å²) in [5.41, 5.74) is 1.55. The summed E-state index contributed by atoms with van der Waals surface area (Å²) < 4.78 is 1.54. The van der Waals surface area contributed by atoms with Crippen LogP contribution in [0, 0.1) is 5.92 Å². The minimum Gasteiger partial charge on any atom is -0.310 e. The zero-order valence-corrected chi connectivity index (χ0v) is 14.2. The first-order chi connectivity index (χ1) is 9.72. The number of nitrogens with one attached hydrogen (secondary N) is 1. The highest BCUT2D eigenvalue weighted by Crippen LogP contribution is 2.43. The summed E-state index contributed by atoms with van der Waals surface area (Å²) >= 11 is 3.96. The predicted octanol–water partition coefficient (Wildman–Crippen LogP) is 4.00. The zero-order chi connectivity index (χ0) is 13.9. The third-order valence-corrected chi connectivity index (χ3v) is 6.73. The maximum atomic E-state index is 3.83. The molecule has 2 aliphatic heterocycles. The standard InChI is InChI=1S/C16H26N2S2/c1-12(11-18-6-3-4-7-18)10-17-15-9-13(2)20-16-14(15)5-8-19-16/h5,8,12-13,15,17H,3-4,6-7,9-11H2,1-2H3/t12?,13-,15?/m0/s1. The van der Waals surface area contributed by atoms with Crippen molar-refractivity contribution in [1.82, 2.24) is 10.2 Å². The molecule has 1 N–H and O–H groups in total. The second-order valence-electron chi connectivity index (χ2n) is 6.40. The molecule has 2 unspecified atom stereocenters. The maximum Gasteiger partial charge on any atom is 0.0649 e. The van der Waals surface area contributed by atoms with Crippen molar-refractivity contribution in [2.24, 2.45) is 5.92 Å². The molecule has 2 aliphatic rings. The van der Waals surface area contributed by atoms with Crippen LogP contribution in [-0.2, 0) is 0 Å². The van der Waals surface area contributed by atoms with Crippen LogP contribution in [0.2, 0.25) is 0 Å². The Kier molecular flexibility index (Phi) is 5.08. The summed E-state index contributed by atoms with van der Waals surface area (Å²) in [5, 5.41) is 6.83. The van der Waals surface area contributed by atoms with Gasteiger partial charge < -0.3 is 10.2 Å². The van der Waals surface area contributed by atoms with E-state index < -0.39 is 0 Å². The second kappa shape index (κ2) is 6.82. The van der Waals surface area contributed by atoms with Crippen molar-refractivity contribution < 1.29 is 0 Å². The molecule has 1 aromatic rings. The van der Waals surface area contributed by atoms with Gasteiger partial charge in [-0.2, -0.15) is 0 Å². The Morgan fingerprint density at radius 1 is 1.40 bits per heavy atom. The quantitative estimate of drug-likeness (QED) is 0.885. The van der Waals surface area contributed by atoms with Gasteiger partial charge in [0.1, 0.15) is 0 Å². The smallest absolute Gasteiger partial charge is 0.0649 e. The highest BCUT2D eigenvalue weighted by molar-refractivity contribution is 8.01. The molecule has 0 saturated carbocycles. The summed E-state index contributed by atoms with van der Waals surface area (Å²) in [5.74, 6) is 0.750. The molecule has 1 saturated heterocycles. The lowest BCUT2D eigenvalue weighted by Crippen LogP contribution is -2.34. The van der Waals surface area contributed by atoms with E-state index >= 15 is 0 Å². The van der Waals surface area contributed by atoms with E-state index in [1.54, 1.807) is 5.56 Å². The monoisotopic (exact) mass is 310 g/mol. The minimum absolute atomic E-state index is 0.577. The molecule has 20 heavy (non-hydrogen) atoms. The Morgan fingerprint density at radius 3 is 3.00 bits per heavy atom. The fourth-order valence-electron chi connectivity index (χ4n) is 3.36. The molecule has 0 aliphatic carbocycles. The van der Waals surface area contributed by atoms with Crippen LogP contribution in [0.25, 0.3) is 0 Å². The van der Waals surface area contributed by atoms with Gasteiger partial charge in [-0.3, -0.25) is 0 Å². The maximum absolute atomic E-state index is 3.83. The lowest BCUT2D eigenvalue weighted by atomic mass is 10.0. The highest BCUT2D eigenvalue weighted by Gasteiger charge is 2.26. The van der Waals surface area contributed by atoms with Gasteiger partial charge in [0.2, 0.25) is 0 Å². The number of fused-ring (bicyclic) bond motifs is 1. The van der Waals surface area contributed by atoms with Gasteiger partial charge in [0.15, 0.2) is 0 Å². The third kappa shape index (κ3) is 3.59. The summed E-state index contributed by atoms with van der Waals surface area (Å²) in [6.45, 7) is 9.79. The number of hydrogen-bond donors (Lipinski definition) is 1. The van der Waals surface area contributed by atoms with Crippen molar-refractivity contribution >= 4 is 23.1 Å². The van der Waals surface area contributed by atoms with Gasteiger partial charge in [-0.15, -0.1) is 23.1 Å². The molecule has 1 aromatic heterocycles. The van der Waals surface area contributed by atoms with Crippen LogP contribution in [0.4, 0.5) is 0 Å². The van der Waals surface area contributed by atoms with E-state index in [4.69, 9.17) is 0 Å². The summed E-state index contributed by atoms with van der Waals surface area (Å²) in [7, 11) is 0.